The second-order valence-electron chi connectivity index (χ2n) is 6.93. The van der Waals surface area contributed by atoms with Crippen LogP contribution in [0.2, 0.25) is 0 Å². The normalized spacial score (nSPS) is 11.2. The quantitative estimate of drug-likeness (QED) is 0.346. The second-order valence-corrected chi connectivity index (χ2v) is 7.93. The van der Waals surface area contributed by atoms with E-state index in [0.29, 0.717) is 37.0 Å². The molecule has 4 aromatic rings. The van der Waals surface area contributed by atoms with Gasteiger partial charge in [-0.05, 0) is 37.3 Å². The van der Waals surface area contributed by atoms with Gasteiger partial charge in [-0.15, -0.1) is 0 Å². The molecule has 0 fully saturated rings. The van der Waals surface area contributed by atoms with Gasteiger partial charge in [0.25, 0.3) is 0 Å². The van der Waals surface area contributed by atoms with Crippen molar-refractivity contribution in [3.05, 3.63) is 30.3 Å². The van der Waals surface area contributed by atoms with Crippen molar-refractivity contribution in [2.24, 2.45) is 0 Å². The third-order valence-electron chi connectivity index (χ3n) is 5.07. The lowest BCUT2D eigenvalue weighted by molar-refractivity contribution is 0.210. The summed E-state index contributed by atoms with van der Waals surface area (Å²) in [6, 6.07) is 9.91. The van der Waals surface area contributed by atoms with Crippen LogP contribution in [-0.2, 0) is 4.74 Å². The Kier molecular flexibility index (Phi) is 6.57. The fourth-order valence-corrected chi connectivity index (χ4v) is 4.71. The Morgan fingerprint density at radius 2 is 1.75 bits per heavy atom. The zero-order valence-electron chi connectivity index (χ0n) is 18.9. The molecule has 32 heavy (non-hydrogen) atoms. The molecule has 0 saturated carbocycles. The molecule has 2 aromatic heterocycles. The highest BCUT2D eigenvalue weighted by Gasteiger charge is 2.22. The van der Waals surface area contributed by atoms with Crippen LogP contribution in [0.25, 0.3) is 26.4 Å². The van der Waals surface area contributed by atoms with E-state index in [9.17, 15) is 0 Å². The number of rotatable bonds is 10. The Labute approximate surface area is 190 Å². The first-order chi connectivity index (χ1) is 15.6. The summed E-state index contributed by atoms with van der Waals surface area (Å²) in [6.07, 6.45) is 0. The number of imidazole rings is 1. The maximum absolute atomic E-state index is 5.67. The number of fused-ring (bicyclic) bond motifs is 3. The van der Waals surface area contributed by atoms with E-state index in [-0.39, 0.29) is 0 Å². The van der Waals surface area contributed by atoms with E-state index in [1.165, 1.54) is 0 Å². The molecule has 0 aliphatic carbocycles. The minimum Gasteiger partial charge on any atom is -0.494 e. The number of anilines is 1. The maximum atomic E-state index is 5.67. The molecule has 2 aromatic carbocycles. The zero-order valence-corrected chi connectivity index (χ0v) is 19.7. The van der Waals surface area contributed by atoms with E-state index in [2.05, 4.69) is 21.9 Å². The number of nitrogens with zero attached hydrogens (tertiary/aromatic N) is 2. The number of thiazole rings is 1. The van der Waals surface area contributed by atoms with E-state index in [1.54, 1.807) is 39.8 Å². The van der Waals surface area contributed by atoms with Gasteiger partial charge >= 0.3 is 0 Å². The Balaban J connectivity index is 1.91. The lowest BCUT2D eigenvalue weighted by atomic mass is 10.1. The van der Waals surface area contributed by atoms with Crippen molar-refractivity contribution >= 4 is 32.3 Å². The van der Waals surface area contributed by atoms with Crippen LogP contribution in [0.5, 0.6) is 23.0 Å². The predicted octanol–water partition coefficient (Wildman–Crippen LogP) is 4.70. The van der Waals surface area contributed by atoms with Gasteiger partial charge in [0.1, 0.15) is 17.3 Å². The largest absolute Gasteiger partial charge is 0.494 e. The molecule has 170 valence electrons. The summed E-state index contributed by atoms with van der Waals surface area (Å²) in [4.78, 5) is 5.84. The Morgan fingerprint density at radius 1 is 1.00 bits per heavy atom. The average molecular weight is 458 g/mol. The van der Waals surface area contributed by atoms with Gasteiger partial charge in [0, 0.05) is 19.2 Å². The van der Waals surface area contributed by atoms with Gasteiger partial charge in [0.05, 0.1) is 44.8 Å². The van der Waals surface area contributed by atoms with Crippen LogP contribution in [0.4, 0.5) is 5.82 Å². The monoisotopic (exact) mass is 457 g/mol. The van der Waals surface area contributed by atoms with Crippen molar-refractivity contribution < 1.29 is 23.7 Å². The molecule has 2 heterocycles. The highest BCUT2D eigenvalue weighted by molar-refractivity contribution is 7.23. The van der Waals surface area contributed by atoms with Crippen molar-refractivity contribution in [1.82, 2.24) is 9.38 Å². The molecule has 1 N–H and O–H groups in total. The van der Waals surface area contributed by atoms with Gasteiger partial charge in [-0.2, -0.15) is 0 Å². The number of hydrogen-bond acceptors (Lipinski definition) is 8. The first kappa shape index (κ1) is 22.0. The molecule has 0 atom stereocenters. The summed E-state index contributed by atoms with van der Waals surface area (Å²) in [6.45, 7) is 3.81. The minimum absolute atomic E-state index is 0.544. The van der Waals surface area contributed by atoms with Gasteiger partial charge in [-0.1, -0.05) is 11.3 Å². The van der Waals surface area contributed by atoms with Crippen LogP contribution in [0, 0.1) is 0 Å². The molecule has 0 amide bonds. The average Bonchev–Trinajstić information content (AvgIpc) is 3.34. The van der Waals surface area contributed by atoms with Crippen LogP contribution >= 0.6 is 11.3 Å². The first-order valence-electron chi connectivity index (χ1n) is 10.3. The third kappa shape index (κ3) is 3.89. The second kappa shape index (κ2) is 9.54. The van der Waals surface area contributed by atoms with Crippen molar-refractivity contribution in [3.63, 3.8) is 0 Å². The van der Waals surface area contributed by atoms with Crippen molar-refractivity contribution in [1.29, 1.82) is 0 Å². The van der Waals surface area contributed by atoms with Crippen molar-refractivity contribution in [2.45, 2.75) is 6.92 Å². The molecule has 0 unspecified atom stereocenters. The Hall–Kier alpha value is -3.17. The lowest BCUT2D eigenvalue weighted by Gasteiger charge is -2.14. The lowest BCUT2D eigenvalue weighted by Crippen LogP contribution is -2.10. The number of benzene rings is 2. The number of nitrogens with one attached hydrogen (secondary N) is 1. The summed E-state index contributed by atoms with van der Waals surface area (Å²) >= 11 is 1.61. The van der Waals surface area contributed by atoms with Gasteiger partial charge in [0.15, 0.2) is 16.5 Å². The summed E-state index contributed by atoms with van der Waals surface area (Å²) in [5.74, 6) is 3.42. The van der Waals surface area contributed by atoms with E-state index in [1.807, 2.05) is 25.1 Å². The van der Waals surface area contributed by atoms with E-state index >= 15 is 0 Å². The third-order valence-corrected chi connectivity index (χ3v) is 6.07. The zero-order chi connectivity index (χ0) is 22.7. The highest BCUT2D eigenvalue weighted by Crippen LogP contribution is 2.44. The summed E-state index contributed by atoms with van der Waals surface area (Å²) < 4.78 is 30.7. The van der Waals surface area contributed by atoms with Crippen molar-refractivity contribution in [2.75, 3.05) is 53.5 Å². The molecule has 4 rings (SSSR count). The molecule has 9 heteroatoms. The van der Waals surface area contributed by atoms with Crippen LogP contribution in [0.15, 0.2) is 30.3 Å². The van der Waals surface area contributed by atoms with Gasteiger partial charge in [-0.25, -0.2) is 4.98 Å². The first-order valence-corrected chi connectivity index (χ1v) is 11.1. The molecule has 0 bridgehead atoms. The fourth-order valence-electron chi connectivity index (χ4n) is 3.66. The van der Waals surface area contributed by atoms with Gasteiger partial charge < -0.3 is 29.0 Å². The summed E-state index contributed by atoms with van der Waals surface area (Å²) in [5, 5.41) is 3.50. The molecular weight excluding hydrogens is 430 g/mol. The Bertz CT molecular complexity index is 1210. The van der Waals surface area contributed by atoms with E-state index < -0.39 is 0 Å². The predicted molar refractivity (Wildman–Crippen MR) is 127 cm³/mol. The standard InChI is InChI=1S/C23H27N3O5S/c1-6-31-15-7-8-16-19(13-15)32-23-25-20(22(26(16)23)24-9-10-27-2)14-11-17(28-3)21(30-5)18(12-14)29-4/h7-8,11-13,24H,6,9-10H2,1-5H3. The molecule has 0 saturated heterocycles. The van der Waals surface area contributed by atoms with Crippen molar-refractivity contribution in [3.8, 4) is 34.3 Å². The number of aromatic nitrogens is 2. The summed E-state index contributed by atoms with van der Waals surface area (Å²) in [5.41, 5.74) is 2.70. The molecule has 0 radical (unpaired) electrons. The summed E-state index contributed by atoms with van der Waals surface area (Å²) in [7, 11) is 6.48. The molecule has 0 aliphatic rings. The minimum atomic E-state index is 0.544. The van der Waals surface area contributed by atoms with Crippen LogP contribution < -0.4 is 24.3 Å². The number of hydrogen-bond donors (Lipinski definition) is 1. The van der Waals surface area contributed by atoms with Gasteiger partial charge in [0.2, 0.25) is 5.75 Å². The van der Waals surface area contributed by atoms with E-state index in [4.69, 9.17) is 28.7 Å². The molecule has 0 aliphatic heterocycles. The number of ether oxygens (including phenoxy) is 5. The number of methoxy groups -OCH3 is 4. The molecule has 0 spiro atoms. The molecular formula is C23H27N3O5S. The topological polar surface area (TPSA) is 75.5 Å². The van der Waals surface area contributed by atoms with E-state index in [0.717, 1.165) is 38.0 Å². The smallest absolute Gasteiger partial charge is 0.203 e. The fraction of sp³-hybridized carbons (Fsp3) is 0.348. The highest BCUT2D eigenvalue weighted by atomic mass is 32.1. The molecule has 8 nitrogen and oxygen atoms in total. The Morgan fingerprint density at radius 3 is 2.38 bits per heavy atom. The maximum Gasteiger partial charge on any atom is 0.203 e. The van der Waals surface area contributed by atoms with Gasteiger partial charge in [-0.3, -0.25) is 4.40 Å². The van der Waals surface area contributed by atoms with Crippen LogP contribution in [-0.4, -0.2) is 57.6 Å². The van der Waals surface area contributed by atoms with Crippen LogP contribution in [0.3, 0.4) is 0 Å². The van der Waals surface area contributed by atoms with Crippen LogP contribution in [0.1, 0.15) is 6.92 Å². The SMILES string of the molecule is CCOc1ccc2c(c1)sc1nc(-c3cc(OC)c(OC)c(OC)c3)c(NCCOC)n12.